The molecular formula is C15H20BrN3O. The molecule has 0 bridgehead atoms. The van der Waals surface area contributed by atoms with Crippen molar-refractivity contribution in [3.05, 3.63) is 22.8 Å². The van der Waals surface area contributed by atoms with Crippen molar-refractivity contribution in [2.45, 2.75) is 31.7 Å². The molecule has 1 aromatic heterocycles. The molecule has 0 radical (unpaired) electrons. The molecule has 5 heteroatoms. The van der Waals surface area contributed by atoms with Crippen LogP contribution in [0.4, 0.5) is 5.82 Å². The minimum Gasteiger partial charge on any atom is -0.356 e. The second-order valence-electron chi connectivity index (χ2n) is 5.75. The normalized spacial score (nSPS) is 20.0. The number of hydrogen-bond acceptors (Lipinski definition) is 3. The van der Waals surface area contributed by atoms with Crippen LogP contribution in [0.3, 0.4) is 0 Å². The molecule has 1 saturated heterocycles. The van der Waals surface area contributed by atoms with Crippen LogP contribution in [0.5, 0.6) is 0 Å². The lowest BCUT2D eigenvalue weighted by molar-refractivity contribution is -0.133. The molecule has 1 aromatic rings. The van der Waals surface area contributed by atoms with E-state index in [4.69, 9.17) is 0 Å². The standard InChI is InChI=1S/C15H20BrN3O/c1-18(15(20)11-4-5-11)12-6-9-19(10-7-12)14-13(16)3-2-8-17-14/h2-3,8,11-12H,4-7,9-10H2,1H3. The van der Waals surface area contributed by atoms with Gasteiger partial charge < -0.3 is 9.80 Å². The number of rotatable bonds is 3. The van der Waals surface area contributed by atoms with Crippen molar-refractivity contribution >= 4 is 27.7 Å². The Bertz CT molecular complexity index is 496. The summed E-state index contributed by atoms with van der Waals surface area (Å²) < 4.78 is 1.04. The summed E-state index contributed by atoms with van der Waals surface area (Å²) in [6.45, 7) is 1.92. The minimum atomic E-state index is 0.322. The second kappa shape index (κ2) is 5.72. The van der Waals surface area contributed by atoms with E-state index in [1.165, 1.54) is 0 Å². The molecule has 1 amide bonds. The van der Waals surface area contributed by atoms with Crippen molar-refractivity contribution in [3.8, 4) is 0 Å². The quantitative estimate of drug-likeness (QED) is 0.850. The third-order valence-corrected chi connectivity index (χ3v) is 4.94. The minimum absolute atomic E-state index is 0.322. The monoisotopic (exact) mass is 337 g/mol. The Kier molecular flexibility index (Phi) is 3.96. The third kappa shape index (κ3) is 2.82. The zero-order valence-electron chi connectivity index (χ0n) is 11.8. The van der Waals surface area contributed by atoms with Gasteiger partial charge in [0.25, 0.3) is 0 Å². The Balaban J connectivity index is 1.59. The van der Waals surface area contributed by atoms with E-state index >= 15 is 0 Å². The molecule has 108 valence electrons. The van der Waals surface area contributed by atoms with Crippen molar-refractivity contribution in [1.82, 2.24) is 9.88 Å². The SMILES string of the molecule is CN(C(=O)C1CC1)C1CCN(c2ncccc2Br)CC1. The number of nitrogens with zero attached hydrogens (tertiary/aromatic N) is 3. The van der Waals surface area contributed by atoms with Crippen LogP contribution in [0.2, 0.25) is 0 Å². The molecule has 2 fully saturated rings. The highest BCUT2D eigenvalue weighted by molar-refractivity contribution is 9.10. The zero-order chi connectivity index (χ0) is 14.1. The van der Waals surface area contributed by atoms with Crippen molar-refractivity contribution < 1.29 is 4.79 Å². The van der Waals surface area contributed by atoms with Gasteiger partial charge in [0.1, 0.15) is 5.82 Å². The summed E-state index contributed by atoms with van der Waals surface area (Å²) in [7, 11) is 1.97. The van der Waals surface area contributed by atoms with Gasteiger partial charge >= 0.3 is 0 Å². The first-order chi connectivity index (χ1) is 9.66. The van der Waals surface area contributed by atoms with E-state index in [1.54, 1.807) is 0 Å². The van der Waals surface area contributed by atoms with Gasteiger partial charge in [0.05, 0.1) is 4.47 Å². The lowest BCUT2D eigenvalue weighted by Gasteiger charge is -2.37. The number of carbonyl (C=O) groups excluding carboxylic acids is 1. The fraction of sp³-hybridized carbons (Fsp3) is 0.600. The van der Waals surface area contributed by atoms with Crippen molar-refractivity contribution in [1.29, 1.82) is 0 Å². The van der Waals surface area contributed by atoms with Crippen LogP contribution in [0.15, 0.2) is 22.8 Å². The van der Waals surface area contributed by atoms with Crippen LogP contribution >= 0.6 is 15.9 Å². The topological polar surface area (TPSA) is 36.4 Å². The highest BCUT2D eigenvalue weighted by Crippen LogP contribution is 2.33. The summed E-state index contributed by atoms with van der Waals surface area (Å²) in [5, 5.41) is 0. The van der Waals surface area contributed by atoms with Crippen LogP contribution < -0.4 is 4.90 Å². The first-order valence-electron chi connectivity index (χ1n) is 7.29. The van der Waals surface area contributed by atoms with Crippen LogP contribution in [-0.2, 0) is 4.79 Å². The number of piperidine rings is 1. The number of pyridine rings is 1. The average Bonchev–Trinajstić information content (AvgIpc) is 3.31. The highest BCUT2D eigenvalue weighted by atomic mass is 79.9. The van der Waals surface area contributed by atoms with Crippen molar-refractivity contribution in [3.63, 3.8) is 0 Å². The summed E-state index contributed by atoms with van der Waals surface area (Å²) in [4.78, 5) is 20.8. The number of amides is 1. The fourth-order valence-electron chi connectivity index (χ4n) is 2.87. The molecule has 0 aromatic carbocycles. The molecule has 1 saturated carbocycles. The lowest BCUT2D eigenvalue weighted by atomic mass is 10.0. The molecule has 0 unspecified atom stereocenters. The Morgan fingerprint density at radius 3 is 2.65 bits per heavy atom. The van der Waals surface area contributed by atoms with Crippen molar-refractivity contribution in [2.24, 2.45) is 5.92 Å². The highest BCUT2D eigenvalue weighted by Gasteiger charge is 2.35. The van der Waals surface area contributed by atoms with Crippen LogP contribution in [0.25, 0.3) is 0 Å². The smallest absolute Gasteiger partial charge is 0.225 e. The Morgan fingerprint density at radius 1 is 1.35 bits per heavy atom. The molecule has 2 heterocycles. The van der Waals surface area contributed by atoms with Gasteiger partial charge in [0.2, 0.25) is 5.91 Å². The van der Waals surface area contributed by atoms with E-state index in [1.807, 2.05) is 30.3 Å². The second-order valence-corrected chi connectivity index (χ2v) is 6.60. The van der Waals surface area contributed by atoms with Gasteiger partial charge in [-0.1, -0.05) is 0 Å². The van der Waals surface area contributed by atoms with E-state index < -0.39 is 0 Å². The predicted molar refractivity (Wildman–Crippen MR) is 82.7 cm³/mol. The average molecular weight is 338 g/mol. The van der Waals surface area contributed by atoms with Crippen LogP contribution in [-0.4, -0.2) is 42.0 Å². The molecule has 20 heavy (non-hydrogen) atoms. The first kappa shape index (κ1) is 13.9. The summed E-state index contributed by atoms with van der Waals surface area (Å²) >= 11 is 3.56. The predicted octanol–water partition coefficient (Wildman–Crippen LogP) is 2.68. The largest absolute Gasteiger partial charge is 0.356 e. The van der Waals surface area contributed by atoms with E-state index in [-0.39, 0.29) is 0 Å². The van der Waals surface area contributed by atoms with Gasteiger partial charge in [-0.25, -0.2) is 4.98 Å². The van der Waals surface area contributed by atoms with Gasteiger partial charge in [0, 0.05) is 38.3 Å². The Labute approximate surface area is 128 Å². The van der Waals surface area contributed by atoms with Crippen LogP contribution in [0.1, 0.15) is 25.7 Å². The molecule has 0 N–H and O–H groups in total. The maximum atomic E-state index is 12.1. The van der Waals surface area contributed by atoms with E-state index in [2.05, 4.69) is 25.8 Å². The zero-order valence-corrected chi connectivity index (χ0v) is 13.3. The van der Waals surface area contributed by atoms with Gasteiger partial charge in [-0.2, -0.15) is 0 Å². The third-order valence-electron chi connectivity index (χ3n) is 4.33. The van der Waals surface area contributed by atoms with Gasteiger partial charge in [-0.3, -0.25) is 4.79 Å². The molecule has 0 atom stereocenters. The Morgan fingerprint density at radius 2 is 2.05 bits per heavy atom. The van der Waals surface area contributed by atoms with Gasteiger partial charge in [-0.05, 0) is 53.7 Å². The van der Waals surface area contributed by atoms with Crippen LogP contribution in [0, 0.1) is 5.92 Å². The van der Waals surface area contributed by atoms with E-state index in [0.717, 1.165) is 49.1 Å². The number of anilines is 1. The summed E-state index contributed by atoms with van der Waals surface area (Å²) in [5.41, 5.74) is 0. The first-order valence-corrected chi connectivity index (χ1v) is 8.08. The molecule has 2 aliphatic rings. The van der Waals surface area contributed by atoms with Gasteiger partial charge in [-0.15, -0.1) is 0 Å². The lowest BCUT2D eigenvalue weighted by Crippen LogP contribution is -2.46. The van der Waals surface area contributed by atoms with Gasteiger partial charge in [0.15, 0.2) is 0 Å². The molecule has 1 aliphatic heterocycles. The molecule has 0 spiro atoms. The molecular weight excluding hydrogens is 318 g/mol. The van der Waals surface area contributed by atoms with Crippen molar-refractivity contribution in [2.75, 3.05) is 25.0 Å². The van der Waals surface area contributed by atoms with E-state index in [0.29, 0.717) is 17.9 Å². The molecule has 4 nitrogen and oxygen atoms in total. The molecule has 3 rings (SSSR count). The maximum Gasteiger partial charge on any atom is 0.225 e. The summed E-state index contributed by atoms with van der Waals surface area (Å²) in [6, 6.07) is 4.35. The number of carbonyl (C=O) groups is 1. The fourth-order valence-corrected chi connectivity index (χ4v) is 3.38. The number of aromatic nitrogens is 1. The van der Waals surface area contributed by atoms with E-state index in [9.17, 15) is 4.79 Å². The number of hydrogen-bond donors (Lipinski definition) is 0. The number of halogens is 1. The summed E-state index contributed by atoms with van der Waals surface area (Å²) in [5.74, 6) is 1.69. The summed E-state index contributed by atoms with van der Waals surface area (Å²) in [6.07, 6.45) is 6.05. The molecule has 1 aliphatic carbocycles. The Hall–Kier alpha value is -1.10. The maximum absolute atomic E-state index is 12.1.